The van der Waals surface area contributed by atoms with Gasteiger partial charge in [-0.25, -0.2) is 12.8 Å². The first-order chi connectivity index (χ1) is 8.85. The average Bonchev–Trinajstić information content (AvgIpc) is 2.73. The van der Waals surface area contributed by atoms with Gasteiger partial charge in [-0.05, 0) is 37.1 Å². The third kappa shape index (κ3) is 3.13. The van der Waals surface area contributed by atoms with Crippen LogP contribution in [0, 0.1) is 5.82 Å². The third-order valence-electron chi connectivity index (χ3n) is 3.10. The Morgan fingerprint density at radius 3 is 2.74 bits per heavy atom. The average molecular weight is 285 g/mol. The lowest BCUT2D eigenvalue weighted by molar-refractivity contribution is -0.0276. The minimum absolute atomic E-state index is 0.0427. The molecule has 0 bridgehead atoms. The van der Waals surface area contributed by atoms with Crippen LogP contribution >= 0.6 is 0 Å². The molecular formula is C13H16FNO3S. The van der Waals surface area contributed by atoms with E-state index < -0.39 is 21.3 Å². The topological polar surface area (TPSA) is 55.4 Å². The second kappa shape index (κ2) is 4.94. The minimum atomic E-state index is -3.55. The molecule has 0 saturated carbocycles. The van der Waals surface area contributed by atoms with Crippen LogP contribution in [0.25, 0.3) is 0 Å². The fraction of sp³-hybridized carbons (Fsp3) is 0.385. The lowest BCUT2D eigenvalue weighted by Gasteiger charge is -2.16. The fourth-order valence-corrected chi connectivity index (χ4v) is 3.13. The van der Waals surface area contributed by atoms with Crippen LogP contribution in [0.1, 0.15) is 25.8 Å². The van der Waals surface area contributed by atoms with Crippen LogP contribution in [0.2, 0.25) is 0 Å². The van der Waals surface area contributed by atoms with Crippen molar-refractivity contribution in [2.75, 3.05) is 0 Å². The number of sulfone groups is 1. The van der Waals surface area contributed by atoms with Crippen molar-refractivity contribution in [1.29, 1.82) is 0 Å². The van der Waals surface area contributed by atoms with E-state index in [9.17, 15) is 12.8 Å². The first-order valence-electron chi connectivity index (χ1n) is 5.99. The van der Waals surface area contributed by atoms with Crippen molar-refractivity contribution >= 4 is 9.84 Å². The molecule has 1 aromatic carbocycles. The lowest BCUT2D eigenvalue weighted by Crippen LogP contribution is -2.25. The first kappa shape index (κ1) is 14.0. The van der Waals surface area contributed by atoms with E-state index >= 15 is 0 Å². The first-order valence-corrected chi connectivity index (χ1v) is 7.64. The van der Waals surface area contributed by atoms with E-state index in [0.29, 0.717) is 12.0 Å². The summed E-state index contributed by atoms with van der Waals surface area (Å²) in [4.78, 5) is 5.25. The molecule has 1 aliphatic rings. The summed E-state index contributed by atoms with van der Waals surface area (Å²) in [5, 5.41) is 0.0427. The summed E-state index contributed by atoms with van der Waals surface area (Å²) in [6.07, 6.45) is 2.21. The van der Waals surface area contributed by atoms with Gasteiger partial charge in [-0.3, -0.25) is 10.3 Å². The normalized spacial score (nSPS) is 23.0. The van der Waals surface area contributed by atoms with E-state index in [2.05, 4.69) is 5.48 Å². The number of benzene rings is 1. The number of hydrogen-bond donors (Lipinski definition) is 1. The number of rotatable bonds is 4. The molecule has 0 spiro atoms. The zero-order chi connectivity index (χ0) is 14.1. The van der Waals surface area contributed by atoms with Gasteiger partial charge in [0.25, 0.3) is 0 Å². The van der Waals surface area contributed by atoms with Crippen LogP contribution < -0.4 is 5.48 Å². The van der Waals surface area contributed by atoms with Gasteiger partial charge in [-0.15, -0.1) is 0 Å². The SMILES string of the molecule is CCC1(C)C=C(S(=O)(=O)Cc2cccc(F)c2)NO1. The van der Waals surface area contributed by atoms with Gasteiger partial charge in [0.2, 0.25) is 0 Å². The van der Waals surface area contributed by atoms with Gasteiger partial charge in [-0.1, -0.05) is 19.1 Å². The van der Waals surface area contributed by atoms with Crippen molar-refractivity contribution in [1.82, 2.24) is 5.48 Å². The number of hydrogen-bond acceptors (Lipinski definition) is 4. The summed E-state index contributed by atoms with van der Waals surface area (Å²) < 4.78 is 37.4. The zero-order valence-electron chi connectivity index (χ0n) is 10.8. The maximum absolute atomic E-state index is 13.0. The molecule has 19 heavy (non-hydrogen) atoms. The molecule has 0 aromatic heterocycles. The van der Waals surface area contributed by atoms with E-state index in [4.69, 9.17) is 4.84 Å². The molecule has 0 saturated heterocycles. The molecule has 0 amide bonds. The van der Waals surface area contributed by atoms with Crippen molar-refractivity contribution in [2.24, 2.45) is 0 Å². The predicted octanol–water partition coefficient (Wildman–Crippen LogP) is 2.29. The van der Waals surface area contributed by atoms with Crippen molar-refractivity contribution < 1.29 is 17.6 Å². The lowest BCUT2D eigenvalue weighted by atomic mass is 10.1. The van der Waals surface area contributed by atoms with Crippen LogP contribution in [-0.2, 0) is 20.4 Å². The van der Waals surface area contributed by atoms with Crippen LogP contribution in [0.5, 0.6) is 0 Å². The van der Waals surface area contributed by atoms with Crippen LogP contribution in [0.3, 0.4) is 0 Å². The summed E-state index contributed by atoms with van der Waals surface area (Å²) in [5.41, 5.74) is 2.24. The van der Waals surface area contributed by atoms with E-state index in [1.165, 1.54) is 18.2 Å². The number of nitrogens with one attached hydrogen (secondary N) is 1. The van der Waals surface area contributed by atoms with Crippen molar-refractivity contribution in [3.05, 3.63) is 46.8 Å². The molecule has 1 heterocycles. The Morgan fingerprint density at radius 2 is 2.16 bits per heavy atom. The summed E-state index contributed by atoms with van der Waals surface area (Å²) in [6, 6.07) is 5.56. The Morgan fingerprint density at radius 1 is 1.42 bits per heavy atom. The maximum Gasteiger partial charge on any atom is 0.199 e. The quantitative estimate of drug-likeness (QED) is 0.922. The molecule has 2 rings (SSSR count). The van der Waals surface area contributed by atoms with Gasteiger partial charge < -0.3 is 0 Å². The highest BCUT2D eigenvalue weighted by Crippen LogP contribution is 2.27. The summed E-state index contributed by atoms with van der Waals surface area (Å²) in [7, 11) is -3.55. The maximum atomic E-state index is 13.0. The van der Waals surface area contributed by atoms with Gasteiger partial charge in [0, 0.05) is 0 Å². The second-order valence-electron chi connectivity index (χ2n) is 4.77. The largest absolute Gasteiger partial charge is 0.265 e. The molecule has 1 aromatic rings. The Balaban J connectivity index is 2.23. The molecule has 104 valence electrons. The van der Waals surface area contributed by atoms with E-state index in [1.54, 1.807) is 19.1 Å². The predicted molar refractivity (Wildman–Crippen MR) is 70.0 cm³/mol. The van der Waals surface area contributed by atoms with E-state index in [-0.39, 0.29) is 10.8 Å². The smallest absolute Gasteiger partial charge is 0.199 e. The molecule has 1 aliphatic heterocycles. The summed E-state index contributed by atoms with van der Waals surface area (Å²) >= 11 is 0. The highest BCUT2D eigenvalue weighted by molar-refractivity contribution is 7.94. The Kier molecular flexibility index (Phi) is 3.64. The van der Waals surface area contributed by atoms with Crippen LogP contribution in [0.15, 0.2) is 35.4 Å². The van der Waals surface area contributed by atoms with Gasteiger partial charge >= 0.3 is 0 Å². The van der Waals surface area contributed by atoms with Gasteiger partial charge in [0.1, 0.15) is 11.4 Å². The van der Waals surface area contributed by atoms with Crippen molar-refractivity contribution in [3.8, 4) is 0 Å². The monoisotopic (exact) mass is 285 g/mol. The van der Waals surface area contributed by atoms with Gasteiger partial charge in [-0.2, -0.15) is 0 Å². The Bertz CT molecular complexity index is 612. The zero-order valence-corrected chi connectivity index (χ0v) is 11.6. The molecule has 1 N–H and O–H groups in total. The Hall–Kier alpha value is -1.40. The molecule has 4 nitrogen and oxygen atoms in total. The van der Waals surface area contributed by atoms with Crippen LogP contribution in [0.4, 0.5) is 4.39 Å². The molecule has 0 radical (unpaired) electrons. The number of hydroxylamine groups is 1. The van der Waals surface area contributed by atoms with E-state index in [1.807, 2.05) is 6.92 Å². The standard InChI is InChI=1S/C13H16FNO3S/c1-3-13(2)8-12(15-18-13)19(16,17)9-10-5-4-6-11(14)7-10/h4-8,15H,3,9H2,1-2H3. The third-order valence-corrected chi connectivity index (χ3v) is 4.69. The van der Waals surface area contributed by atoms with Gasteiger partial charge in [0.15, 0.2) is 14.9 Å². The molecule has 6 heteroatoms. The van der Waals surface area contributed by atoms with Gasteiger partial charge in [0.05, 0.1) is 5.75 Å². The number of halogens is 1. The molecule has 1 atom stereocenters. The molecular weight excluding hydrogens is 269 g/mol. The fourth-order valence-electron chi connectivity index (χ4n) is 1.75. The molecule has 1 unspecified atom stereocenters. The Labute approximate surface area is 112 Å². The minimum Gasteiger partial charge on any atom is -0.265 e. The van der Waals surface area contributed by atoms with Crippen molar-refractivity contribution in [3.63, 3.8) is 0 Å². The highest BCUT2D eigenvalue weighted by atomic mass is 32.2. The summed E-state index contributed by atoms with van der Waals surface area (Å²) in [6.45, 7) is 3.70. The molecule has 0 aliphatic carbocycles. The van der Waals surface area contributed by atoms with E-state index in [0.717, 1.165) is 0 Å². The molecule has 0 fully saturated rings. The van der Waals surface area contributed by atoms with Crippen molar-refractivity contribution in [2.45, 2.75) is 31.6 Å². The summed E-state index contributed by atoms with van der Waals surface area (Å²) in [5.74, 6) is -0.706. The second-order valence-corrected chi connectivity index (χ2v) is 6.73. The highest BCUT2D eigenvalue weighted by Gasteiger charge is 2.33. The van der Waals surface area contributed by atoms with Crippen LogP contribution in [-0.4, -0.2) is 14.0 Å².